The van der Waals surface area contributed by atoms with Crippen LogP contribution in [-0.2, 0) is 4.74 Å². The molecule has 1 aliphatic rings. The molecule has 1 amide bonds. The summed E-state index contributed by atoms with van der Waals surface area (Å²) < 4.78 is 6.58. The quantitative estimate of drug-likeness (QED) is 0.476. The Morgan fingerprint density at radius 1 is 1.35 bits per heavy atom. The first kappa shape index (κ1) is 22.9. The Bertz CT molecular complexity index is 1340. The fraction of sp³-hybridized carbons (Fsp3) is 0.333. The van der Waals surface area contributed by atoms with Gasteiger partial charge in [0.2, 0.25) is 5.95 Å². The van der Waals surface area contributed by atoms with E-state index in [0.29, 0.717) is 53.1 Å². The number of imidazole rings is 1. The van der Waals surface area contributed by atoms with E-state index in [1.807, 2.05) is 24.8 Å². The second-order valence-corrected chi connectivity index (χ2v) is 8.13. The summed E-state index contributed by atoms with van der Waals surface area (Å²) in [5.41, 5.74) is 7.20. The van der Waals surface area contributed by atoms with Crippen molar-refractivity contribution in [3.63, 3.8) is 0 Å². The number of anilines is 4. The molecule has 0 spiro atoms. The van der Waals surface area contributed by atoms with Crippen molar-refractivity contribution in [2.75, 3.05) is 35.2 Å². The molecule has 2 aromatic heterocycles. The predicted molar refractivity (Wildman–Crippen MR) is 125 cm³/mol. The Morgan fingerprint density at radius 3 is 2.82 bits per heavy atom. The predicted octanol–water partition coefficient (Wildman–Crippen LogP) is 2.62. The van der Waals surface area contributed by atoms with E-state index in [0.717, 1.165) is 0 Å². The lowest BCUT2D eigenvalue weighted by Gasteiger charge is -2.22. The molecule has 0 saturated carbocycles. The van der Waals surface area contributed by atoms with Crippen molar-refractivity contribution < 1.29 is 9.53 Å². The van der Waals surface area contributed by atoms with E-state index < -0.39 is 12.2 Å². The van der Waals surface area contributed by atoms with Crippen LogP contribution in [-0.4, -0.2) is 51.4 Å². The number of primary amides is 1. The number of carbonyl (C=O) groups excluding carboxylic acids is 1. The molecular weight excluding hydrogens is 460 g/mol. The van der Waals surface area contributed by atoms with Gasteiger partial charge in [0.15, 0.2) is 17.2 Å². The normalized spacial score (nSPS) is 17.3. The van der Waals surface area contributed by atoms with Crippen LogP contribution in [0.2, 0.25) is 5.02 Å². The van der Waals surface area contributed by atoms with E-state index in [1.54, 1.807) is 12.1 Å². The van der Waals surface area contributed by atoms with Crippen LogP contribution in [0.3, 0.4) is 0 Å². The van der Waals surface area contributed by atoms with Crippen LogP contribution in [0.5, 0.6) is 0 Å². The SMILES string of the molecule is CCNc1nc(Nc2cc(C#N)cc(N3C[C@@H](C)[C@@H](OC(N)=O)C3)c2Cl)nn2c(C#N)cnc12. The number of hydrogen-bond acceptors (Lipinski definition) is 10. The lowest BCUT2D eigenvalue weighted by Crippen LogP contribution is -2.28. The second-order valence-electron chi connectivity index (χ2n) is 7.76. The van der Waals surface area contributed by atoms with Crippen molar-refractivity contribution in [1.82, 2.24) is 19.6 Å². The minimum Gasteiger partial charge on any atom is -0.444 e. The van der Waals surface area contributed by atoms with Crippen LogP contribution in [0, 0.1) is 28.6 Å². The van der Waals surface area contributed by atoms with Gasteiger partial charge in [-0.25, -0.2) is 9.78 Å². The average molecular weight is 481 g/mol. The number of fused-ring (bicyclic) bond motifs is 1. The standard InChI is InChI=1S/C21H21ClN10O2/c1-3-26-18-19-27-8-13(7-24)32(19)30-21(29-18)28-14-4-12(6-23)5-15(17(14)22)31-9-11(2)16(10-31)34-20(25)33/h4-5,8,11,16H,3,9-10H2,1-2H3,(H2,25,33)(H2,26,28,29,30)/t11-,16+/m1/s1. The summed E-state index contributed by atoms with van der Waals surface area (Å²) in [6.07, 6.45) is 0.183. The van der Waals surface area contributed by atoms with Gasteiger partial charge < -0.3 is 26.0 Å². The first-order chi connectivity index (χ1) is 16.3. The van der Waals surface area contributed by atoms with E-state index in [1.165, 1.54) is 10.7 Å². The van der Waals surface area contributed by atoms with E-state index in [4.69, 9.17) is 22.1 Å². The van der Waals surface area contributed by atoms with Gasteiger partial charge in [-0.1, -0.05) is 18.5 Å². The monoisotopic (exact) mass is 480 g/mol. The Hall–Kier alpha value is -4.29. The second kappa shape index (κ2) is 9.29. The van der Waals surface area contributed by atoms with Crippen LogP contribution in [0.25, 0.3) is 5.65 Å². The van der Waals surface area contributed by atoms with Crippen LogP contribution in [0.4, 0.5) is 27.9 Å². The van der Waals surface area contributed by atoms with Crippen molar-refractivity contribution in [1.29, 1.82) is 10.5 Å². The molecule has 3 heterocycles. The smallest absolute Gasteiger partial charge is 0.404 e. The third kappa shape index (κ3) is 4.31. The van der Waals surface area contributed by atoms with Gasteiger partial charge in [-0.3, -0.25) is 0 Å². The summed E-state index contributed by atoms with van der Waals surface area (Å²) in [5, 5.41) is 29.8. The topological polar surface area (TPSA) is 170 Å². The number of ether oxygens (including phenoxy) is 1. The molecule has 0 unspecified atom stereocenters. The van der Waals surface area contributed by atoms with E-state index >= 15 is 0 Å². The number of nitrogens with zero attached hydrogens (tertiary/aromatic N) is 7. The minimum absolute atomic E-state index is 0.0183. The maximum atomic E-state index is 11.2. The molecule has 1 saturated heterocycles. The zero-order valence-electron chi connectivity index (χ0n) is 18.4. The maximum Gasteiger partial charge on any atom is 0.404 e. The van der Waals surface area contributed by atoms with Gasteiger partial charge >= 0.3 is 6.09 Å². The van der Waals surface area contributed by atoms with E-state index in [2.05, 4.69) is 31.8 Å². The largest absolute Gasteiger partial charge is 0.444 e. The molecule has 34 heavy (non-hydrogen) atoms. The lowest BCUT2D eigenvalue weighted by molar-refractivity contribution is 0.0970. The third-order valence-electron chi connectivity index (χ3n) is 5.40. The Balaban J connectivity index is 1.72. The molecule has 0 radical (unpaired) electrons. The fourth-order valence-electron chi connectivity index (χ4n) is 3.85. The number of halogens is 1. The average Bonchev–Trinajstić information content (AvgIpc) is 3.38. The number of rotatable bonds is 6. The molecule has 174 valence electrons. The van der Waals surface area contributed by atoms with Crippen LogP contribution in [0.1, 0.15) is 25.1 Å². The van der Waals surface area contributed by atoms with Gasteiger partial charge in [-0.15, -0.1) is 5.10 Å². The van der Waals surface area contributed by atoms with Crippen LogP contribution < -0.4 is 21.3 Å². The Morgan fingerprint density at radius 2 is 2.15 bits per heavy atom. The zero-order valence-corrected chi connectivity index (χ0v) is 19.2. The van der Waals surface area contributed by atoms with Crippen LogP contribution >= 0.6 is 11.6 Å². The minimum atomic E-state index is -0.835. The molecule has 1 aromatic carbocycles. The molecule has 4 rings (SSSR count). The summed E-state index contributed by atoms with van der Waals surface area (Å²) in [4.78, 5) is 21.8. The number of nitrogens with one attached hydrogen (secondary N) is 2. The van der Waals surface area contributed by atoms with Gasteiger partial charge in [0.05, 0.1) is 40.8 Å². The van der Waals surface area contributed by atoms with Crippen molar-refractivity contribution in [2.45, 2.75) is 20.0 Å². The number of nitriles is 2. The first-order valence-electron chi connectivity index (χ1n) is 10.5. The molecule has 0 aliphatic carbocycles. The van der Waals surface area contributed by atoms with Crippen molar-refractivity contribution in [2.24, 2.45) is 11.7 Å². The highest BCUT2D eigenvalue weighted by atomic mass is 35.5. The molecule has 1 fully saturated rings. The highest BCUT2D eigenvalue weighted by Crippen LogP contribution is 2.38. The number of carbonyl (C=O) groups is 1. The number of hydrogen-bond donors (Lipinski definition) is 3. The molecule has 0 bridgehead atoms. The molecule has 12 nitrogen and oxygen atoms in total. The van der Waals surface area contributed by atoms with Gasteiger partial charge in [-0.05, 0) is 19.1 Å². The number of aromatic nitrogens is 4. The van der Waals surface area contributed by atoms with Gasteiger partial charge in [0, 0.05) is 19.0 Å². The molecule has 3 aromatic rings. The summed E-state index contributed by atoms with van der Waals surface area (Å²) in [7, 11) is 0. The maximum absolute atomic E-state index is 11.2. The Labute approximate surface area is 199 Å². The summed E-state index contributed by atoms with van der Waals surface area (Å²) >= 11 is 6.74. The van der Waals surface area contributed by atoms with Crippen LogP contribution in [0.15, 0.2) is 18.3 Å². The number of benzene rings is 1. The highest BCUT2D eigenvalue weighted by Gasteiger charge is 2.33. The molecule has 2 atom stereocenters. The summed E-state index contributed by atoms with van der Waals surface area (Å²) in [5.74, 6) is 0.615. The fourth-order valence-corrected chi connectivity index (χ4v) is 4.12. The zero-order chi connectivity index (χ0) is 24.4. The van der Waals surface area contributed by atoms with Crippen molar-refractivity contribution in [3.05, 3.63) is 34.6 Å². The van der Waals surface area contributed by atoms with E-state index in [-0.39, 0.29) is 17.6 Å². The number of amides is 1. The van der Waals surface area contributed by atoms with E-state index in [9.17, 15) is 15.3 Å². The molecule has 1 aliphatic heterocycles. The van der Waals surface area contributed by atoms with Crippen molar-refractivity contribution >= 4 is 46.5 Å². The molecule has 13 heteroatoms. The summed E-state index contributed by atoms with van der Waals surface area (Å²) in [6.45, 7) is 5.37. The lowest BCUT2D eigenvalue weighted by atomic mass is 10.1. The number of nitrogens with two attached hydrogens (primary N) is 1. The highest BCUT2D eigenvalue weighted by molar-refractivity contribution is 6.36. The Kier molecular flexibility index (Phi) is 6.25. The first-order valence-corrected chi connectivity index (χ1v) is 10.8. The molecular formula is C21H21ClN10O2. The van der Waals surface area contributed by atoms with Crippen molar-refractivity contribution in [3.8, 4) is 12.1 Å². The van der Waals surface area contributed by atoms with Gasteiger partial charge in [0.25, 0.3) is 0 Å². The third-order valence-corrected chi connectivity index (χ3v) is 5.80. The summed E-state index contributed by atoms with van der Waals surface area (Å²) in [6, 6.07) is 7.43. The molecule has 4 N–H and O–H groups in total. The van der Waals surface area contributed by atoms with Gasteiger partial charge in [0.1, 0.15) is 12.2 Å². The van der Waals surface area contributed by atoms with Gasteiger partial charge in [-0.2, -0.15) is 20.0 Å².